The van der Waals surface area contributed by atoms with E-state index in [0.717, 1.165) is 16.7 Å². The quantitative estimate of drug-likeness (QED) is 0.885. The van der Waals surface area contributed by atoms with Gasteiger partial charge < -0.3 is 5.11 Å². The van der Waals surface area contributed by atoms with Gasteiger partial charge in [0.1, 0.15) is 0 Å². The maximum absolute atomic E-state index is 10.8. The minimum atomic E-state index is -1.02. The van der Waals surface area contributed by atoms with Crippen molar-refractivity contribution in [2.24, 2.45) is 0 Å². The highest BCUT2D eigenvalue weighted by Crippen LogP contribution is 2.27. The maximum atomic E-state index is 10.8. The molecule has 0 aliphatic heterocycles. The first-order chi connectivity index (χ1) is 8.09. The number of carbonyl (C=O) groups is 1. The zero-order valence-corrected chi connectivity index (χ0v) is 9.90. The topological polar surface area (TPSA) is 50.2 Å². The smallest absolute Gasteiger partial charge is 0.337 e. The van der Waals surface area contributed by atoms with E-state index in [2.05, 4.69) is 4.98 Å². The molecule has 2 rings (SSSR count). The third kappa shape index (κ3) is 2.29. The SMILES string of the molecule is Cc1ccncc1-c1ccc(C(=O)O)c(Cl)c1. The molecular weight excluding hydrogens is 238 g/mol. The second-order valence-corrected chi connectivity index (χ2v) is 4.10. The van der Waals surface area contributed by atoms with E-state index in [0.29, 0.717) is 0 Å². The predicted molar refractivity (Wildman–Crippen MR) is 66.4 cm³/mol. The molecule has 1 N–H and O–H groups in total. The molecular formula is C13H10ClNO2. The molecule has 0 aliphatic carbocycles. The molecule has 0 aliphatic rings. The summed E-state index contributed by atoms with van der Waals surface area (Å²) in [6.07, 6.45) is 3.45. The van der Waals surface area contributed by atoms with E-state index in [1.807, 2.05) is 13.0 Å². The highest BCUT2D eigenvalue weighted by atomic mass is 35.5. The Morgan fingerprint density at radius 3 is 2.71 bits per heavy atom. The molecule has 0 saturated carbocycles. The van der Waals surface area contributed by atoms with Crippen LogP contribution in [0.15, 0.2) is 36.7 Å². The van der Waals surface area contributed by atoms with Crippen molar-refractivity contribution in [1.82, 2.24) is 4.98 Å². The monoisotopic (exact) mass is 247 g/mol. The summed E-state index contributed by atoms with van der Waals surface area (Å²) in [7, 11) is 0. The van der Waals surface area contributed by atoms with Gasteiger partial charge in [-0.25, -0.2) is 4.79 Å². The molecule has 2 aromatic rings. The largest absolute Gasteiger partial charge is 0.478 e. The molecule has 0 fully saturated rings. The Labute approximate surface area is 104 Å². The number of pyridine rings is 1. The minimum absolute atomic E-state index is 0.108. The Morgan fingerprint density at radius 1 is 1.35 bits per heavy atom. The number of rotatable bonds is 2. The number of nitrogens with zero attached hydrogens (tertiary/aromatic N) is 1. The second-order valence-electron chi connectivity index (χ2n) is 3.69. The third-order valence-corrected chi connectivity index (χ3v) is 2.86. The van der Waals surface area contributed by atoms with E-state index in [9.17, 15) is 4.79 Å². The number of aryl methyl sites for hydroxylation is 1. The van der Waals surface area contributed by atoms with Crippen molar-refractivity contribution < 1.29 is 9.90 Å². The number of hydrogen-bond acceptors (Lipinski definition) is 2. The van der Waals surface area contributed by atoms with Gasteiger partial charge >= 0.3 is 5.97 Å². The molecule has 3 nitrogen and oxygen atoms in total. The van der Waals surface area contributed by atoms with E-state index in [-0.39, 0.29) is 10.6 Å². The average Bonchev–Trinajstić information content (AvgIpc) is 2.29. The fourth-order valence-corrected chi connectivity index (χ4v) is 1.88. The van der Waals surface area contributed by atoms with Crippen LogP contribution in [0.4, 0.5) is 0 Å². The molecule has 1 aromatic heterocycles. The van der Waals surface area contributed by atoms with Crippen molar-refractivity contribution in [3.63, 3.8) is 0 Å². The minimum Gasteiger partial charge on any atom is -0.478 e. The van der Waals surface area contributed by atoms with Gasteiger partial charge in [-0.3, -0.25) is 4.98 Å². The van der Waals surface area contributed by atoms with Crippen LogP contribution < -0.4 is 0 Å². The van der Waals surface area contributed by atoms with Crippen molar-refractivity contribution in [2.45, 2.75) is 6.92 Å². The van der Waals surface area contributed by atoms with Crippen molar-refractivity contribution in [1.29, 1.82) is 0 Å². The summed E-state index contributed by atoms with van der Waals surface area (Å²) < 4.78 is 0. The summed E-state index contributed by atoms with van der Waals surface area (Å²) in [5.41, 5.74) is 2.99. The summed E-state index contributed by atoms with van der Waals surface area (Å²) in [5, 5.41) is 9.12. The zero-order valence-electron chi connectivity index (χ0n) is 9.14. The van der Waals surface area contributed by atoms with Crippen LogP contribution in [0.25, 0.3) is 11.1 Å². The molecule has 0 bridgehead atoms. The molecule has 1 heterocycles. The van der Waals surface area contributed by atoms with Crippen LogP contribution in [0.5, 0.6) is 0 Å². The van der Waals surface area contributed by atoms with Crippen LogP contribution in [-0.2, 0) is 0 Å². The number of halogens is 1. The van der Waals surface area contributed by atoms with Crippen LogP contribution in [0.2, 0.25) is 5.02 Å². The van der Waals surface area contributed by atoms with Crippen LogP contribution in [-0.4, -0.2) is 16.1 Å². The molecule has 1 aromatic carbocycles. The van der Waals surface area contributed by atoms with Crippen molar-refractivity contribution in [2.75, 3.05) is 0 Å². The van der Waals surface area contributed by atoms with E-state index in [4.69, 9.17) is 16.7 Å². The van der Waals surface area contributed by atoms with Crippen molar-refractivity contribution >= 4 is 17.6 Å². The van der Waals surface area contributed by atoms with E-state index in [1.54, 1.807) is 24.5 Å². The summed E-state index contributed by atoms with van der Waals surface area (Å²) in [6, 6.07) is 6.79. The molecule has 0 unspecified atom stereocenters. The lowest BCUT2D eigenvalue weighted by atomic mass is 10.0. The summed E-state index contributed by atoms with van der Waals surface area (Å²) in [4.78, 5) is 14.9. The van der Waals surface area contributed by atoms with Crippen LogP contribution >= 0.6 is 11.6 Å². The molecule has 4 heteroatoms. The first-order valence-electron chi connectivity index (χ1n) is 5.03. The van der Waals surface area contributed by atoms with E-state index in [1.165, 1.54) is 6.07 Å². The summed E-state index contributed by atoms with van der Waals surface area (Å²) in [5.74, 6) is -1.02. The maximum Gasteiger partial charge on any atom is 0.337 e. The number of aromatic nitrogens is 1. The molecule has 0 amide bonds. The van der Waals surface area contributed by atoms with Crippen molar-refractivity contribution in [3.05, 3.63) is 52.8 Å². The Balaban J connectivity index is 2.52. The lowest BCUT2D eigenvalue weighted by molar-refractivity contribution is 0.0697. The van der Waals surface area contributed by atoms with Gasteiger partial charge in [0.05, 0.1) is 10.6 Å². The van der Waals surface area contributed by atoms with Gasteiger partial charge in [-0.05, 0) is 36.2 Å². The van der Waals surface area contributed by atoms with Crippen LogP contribution in [0.3, 0.4) is 0 Å². The molecule has 86 valence electrons. The number of aromatic carboxylic acids is 1. The third-order valence-electron chi connectivity index (χ3n) is 2.55. The van der Waals surface area contributed by atoms with Gasteiger partial charge in [-0.1, -0.05) is 17.7 Å². The number of hydrogen-bond donors (Lipinski definition) is 1. The lowest BCUT2D eigenvalue weighted by Gasteiger charge is -2.06. The van der Waals surface area contributed by atoms with Gasteiger partial charge in [0.2, 0.25) is 0 Å². The first-order valence-corrected chi connectivity index (χ1v) is 5.41. The predicted octanol–water partition coefficient (Wildman–Crippen LogP) is 3.41. The van der Waals surface area contributed by atoms with Crippen LogP contribution in [0.1, 0.15) is 15.9 Å². The molecule has 17 heavy (non-hydrogen) atoms. The lowest BCUT2D eigenvalue weighted by Crippen LogP contribution is -1.97. The molecule has 0 spiro atoms. The van der Waals surface area contributed by atoms with E-state index >= 15 is 0 Å². The fraction of sp³-hybridized carbons (Fsp3) is 0.0769. The van der Waals surface area contributed by atoms with Gasteiger partial charge in [0.25, 0.3) is 0 Å². The van der Waals surface area contributed by atoms with Crippen molar-refractivity contribution in [3.8, 4) is 11.1 Å². The fourth-order valence-electron chi connectivity index (χ4n) is 1.62. The number of carboxylic acid groups (broad SMARTS) is 1. The van der Waals surface area contributed by atoms with Gasteiger partial charge in [0.15, 0.2) is 0 Å². The zero-order chi connectivity index (χ0) is 12.4. The van der Waals surface area contributed by atoms with Crippen LogP contribution in [0, 0.1) is 6.92 Å². The normalized spacial score (nSPS) is 10.2. The van der Waals surface area contributed by atoms with Gasteiger partial charge in [-0.15, -0.1) is 0 Å². The Kier molecular flexibility index (Phi) is 3.11. The first kappa shape index (κ1) is 11.6. The summed E-state index contributed by atoms with van der Waals surface area (Å²) in [6.45, 7) is 1.97. The van der Waals surface area contributed by atoms with Gasteiger partial charge in [-0.2, -0.15) is 0 Å². The van der Waals surface area contributed by atoms with E-state index < -0.39 is 5.97 Å². The average molecular weight is 248 g/mol. The second kappa shape index (κ2) is 4.55. The highest BCUT2D eigenvalue weighted by molar-refractivity contribution is 6.33. The number of benzene rings is 1. The molecule has 0 saturated heterocycles. The standard InChI is InChI=1S/C13H10ClNO2/c1-8-4-5-15-7-11(8)9-2-3-10(13(16)17)12(14)6-9/h2-7H,1H3,(H,16,17). The number of carboxylic acids is 1. The molecule has 0 radical (unpaired) electrons. The highest BCUT2D eigenvalue weighted by Gasteiger charge is 2.10. The Hall–Kier alpha value is -1.87. The Morgan fingerprint density at radius 2 is 2.12 bits per heavy atom. The van der Waals surface area contributed by atoms with Gasteiger partial charge in [0, 0.05) is 18.0 Å². The molecule has 0 atom stereocenters. The Bertz CT molecular complexity index is 581. The summed E-state index contributed by atoms with van der Waals surface area (Å²) >= 11 is 5.93.